The second kappa shape index (κ2) is 7.80. The summed E-state index contributed by atoms with van der Waals surface area (Å²) in [6.07, 6.45) is 0. The van der Waals surface area contributed by atoms with Gasteiger partial charge in [-0.15, -0.1) is 10.2 Å². The Bertz CT molecular complexity index is 1130. The summed E-state index contributed by atoms with van der Waals surface area (Å²) in [5.74, 6) is 1.31. The molecule has 0 aliphatic carbocycles. The van der Waals surface area contributed by atoms with Crippen LogP contribution in [0.5, 0.6) is 0 Å². The number of rotatable bonds is 5. The second-order valence-electron chi connectivity index (χ2n) is 7.88. The van der Waals surface area contributed by atoms with Gasteiger partial charge in [-0.05, 0) is 55.2 Å². The van der Waals surface area contributed by atoms with Gasteiger partial charge in [0.2, 0.25) is 0 Å². The van der Waals surface area contributed by atoms with E-state index in [1.807, 2.05) is 30.5 Å². The van der Waals surface area contributed by atoms with Crippen LogP contribution in [0.2, 0.25) is 5.02 Å². The van der Waals surface area contributed by atoms with Crippen molar-refractivity contribution < 1.29 is 8.42 Å². The van der Waals surface area contributed by atoms with E-state index in [2.05, 4.69) is 35.7 Å². The third-order valence-corrected chi connectivity index (χ3v) is 6.37. The fourth-order valence-corrected chi connectivity index (χ4v) is 4.34. The van der Waals surface area contributed by atoms with Gasteiger partial charge < -0.3 is 4.57 Å². The van der Waals surface area contributed by atoms with Crippen LogP contribution in [0.1, 0.15) is 39.1 Å². The zero-order chi connectivity index (χ0) is 21.4. The minimum absolute atomic E-state index is 0.0544. The Hall–Kier alpha value is -2.38. The maximum Gasteiger partial charge on any atom is 0.261 e. The summed E-state index contributed by atoms with van der Waals surface area (Å²) >= 11 is 6.18. The highest BCUT2D eigenvalue weighted by atomic mass is 35.5. The summed E-state index contributed by atoms with van der Waals surface area (Å²) in [5, 5.41) is 8.82. The largest absolute Gasteiger partial charge is 0.311 e. The molecule has 1 heterocycles. The predicted molar refractivity (Wildman–Crippen MR) is 117 cm³/mol. The molecule has 0 saturated heterocycles. The van der Waals surface area contributed by atoms with E-state index in [1.165, 1.54) is 0 Å². The molecular formula is C21H25ClN4O2S. The van der Waals surface area contributed by atoms with Gasteiger partial charge in [-0.2, -0.15) is 0 Å². The Morgan fingerprint density at radius 3 is 2.31 bits per heavy atom. The van der Waals surface area contributed by atoms with Gasteiger partial charge in [-0.3, -0.25) is 4.72 Å². The van der Waals surface area contributed by atoms with Crippen LogP contribution in [0.15, 0.2) is 47.4 Å². The van der Waals surface area contributed by atoms with E-state index in [9.17, 15) is 8.42 Å². The van der Waals surface area contributed by atoms with Gasteiger partial charge in [0.15, 0.2) is 5.82 Å². The van der Waals surface area contributed by atoms with Crippen molar-refractivity contribution in [3.63, 3.8) is 0 Å². The number of sulfonamides is 1. The molecule has 0 saturated carbocycles. The van der Waals surface area contributed by atoms with Crippen LogP contribution in [-0.2, 0) is 22.0 Å². The van der Waals surface area contributed by atoms with Crippen molar-refractivity contribution in [2.75, 3.05) is 4.72 Å². The summed E-state index contributed by atoms with van der Waals surface area (Å²) in [6, 6.07) is 11.9. The summed E-state index contributed by atoms with van der Waals surface area (Å²) < 4.78 is 30.6. The normalized spacial score (nSPS) is 12.2. The molecule has 0 unspecified atom stereocenters. The molecule has 0 aliphatic rings. The molecule has 1 N–H and O–H groups in total. The molecule has 3 aromatic rings. The van der Waals surface area contributed by atoms with Crippen molar-refractivity contribution >= 4 is 27.3 Å². The minimum atomic E-state index is -3.78. The second-order valence-corrected chi connectivity index (χ2v) is 10.0. The first-order chi connectivity index (χ1) is 13.5. The molecule has 1 aromatic heterocycles. The standard InChI is InChI=1S/C21H25ClN4O2S/c1-6-26-14(2)23-24-20(26)18-13-16(22)9-12-19(18)25-29(27,28)17-10-7-15(8-11-17)21(3,4)5/h7-13,25H,6H2,1-5H3. The van der Waals surface area contributed by atoms with E-state index >= 15 is 0 Å². The summed E-state index contributed by atoms with van der Waals surface area (Å²) in [4.78, 5) is 0.194. The maximum atomic E-state index is 13.0. The van der Waals surface area contributed by atoms with E-state index in [4.69, 9.17) is 11.6 Å². The maximum absolute atomic E-state index is 13.0. The third kappa shape index (κ3) is 4.46. The van der Waals surface area contributed by atoms with Crippen LogP contribution < -0.4 is 4.72 Å². The zero-order valence-corrected chi connectivity index (χ0v) is 18.8. The Morgan fingerprint density at radius 2 is 1.72 bits per heavy atom. The molecule has 0 aliphatic heterocycles. The summed E-state index contributed by atoms with van der Waals surface area (Å²) in [6.45, 7) is 10.7. The molecule has 8 heteroatoms. The number of anilines is 1. The van der Waals surface area contributed by atoms with Gasteiger partial charge in [0.1, 0.15) is 5.82 Å². The summed E-state index contributed by atoms with van der Waals surface area (Å²) in [7, 11) is -3.78. The molecule has 3 rings (SSSR count). The SMILES string of the molecule is CCn1c(C)nnc1-c1cc(Cl)ccc1NS(=O)(=O)c1ccc(C(C)(C)C)cc1. The predicted octanol–water partition coefficient (Wildman–Crippen LogP) is 5.03. The molecular weight excluding hydrogens is 408 g/mol. The molecule has 6 nitrogen and oxygen atoms in total. The number of aryl methyl sites for hydroxylation is 1. The number of nitrogens with zero attached hydrogens (tertiary/aromatic N) is 3. The first kappa shape index (κ1) is 21.3. The molecule has 2 aromatic carbocycles. The van der Waals surface area contributed by atoms with Gasteiger partial charge >= 0.3 is 0 Å². The van der Waals surface area contributed by atoms with Crippen molar-refractivity contribution in [3.8, 4) is 11.4 Å². The van der Waals surface area contributed by atoms with Gasteiger partial charge in [-0.1, -0.05) is 44.5 Å². The van der Waals surface area contributed by atoms with Gasteiger partial charge in [0.25, 0.3) is 10.0 Å². The Balaban J connectivity index is 2.02. The molecule has 29 heavy (non-hydrogen) atoms. The first-order valence-electron chi connectivity index (χ1n) is 9.36. The lowest BCUT2D eigenvalue weighted by Gasteiger charge is -2.19. The van der Waals surface area contributed by atoms with Crippen LogP contribution in [0, 0.1) is 6.92 Å². The van der Waals surface area contributed by atoms with Gasteiger partial charge in [0.05, 0.1) is 10.6 Å². The number of aromatic nitrogens is 3. The monoisotopic (exact) mass is 432 g/mol. The topological polar surface area (TPSA) is 76.9 Å². The van der Waals surface area contributed by atoms with Crippen molar-refractivity contribution in [1.82, 2.24) is 14.8 Å². The fraction of sp³-hybridized carbons (Fsp3) is 0.333. The van der Waals surface area contributed by atoms with E-state index in [-0.39, 0.29) is 10.3 Å². The Kier molecular flexibility index (Phi) is 5.74. The van der Waals surface area contributed by atoms with Gasteiger partial charge in [0, 0.05) is 17.1 Å². The van der Waals surface area contributed by atoms with Crippen LogP contribution >= 0.6 is 11.6 Å². The van der Waals surface area contributed by atoms with Crippen LogP contribution in [0.25, 0.3) is 11.4 Å². The molecule has 0 atom stereocenters. The lowest BCUT2D eigenvalue weighted by molar-refractivity contribution is 0.587. The molecule has 0 bridgehead atoms. The molecule has 0 amide bonds. The molecule has 0 fully saturated rings. The van der Waals surface area contributed by atoms with Crippen molar-refractivity contribution in [1.29, 1.82) is 0 Å². The lowest BCUT2D eigenvalue weighted by Crippen LogP contribution is -2.15. The first-order valence-corrected chi connectivity index (χ1v) is 11.2. The quantitative estimate of drug-likeness (QED) is 0.613. The number of hydrogen-bond donors (Lipinski definition) is 1. The smallest absolute Gasteiger partial charge is 0.261 e. The average molecular weight is 433 g/mol. The molecule has 154 valence electrons. The average Bonchev–Trinajstić information content (AvgIpc) is 3.03. The Morgan fingerprint density at radius 1 is 1.07 bits per heavy atom. The van der Waals surface area contributed by atoms with E-state index < -0.39 is 10.0 Å². The van der Waals surface area contributed by atoms with Crippen molar-refractivity contribution in [2.45, 2.75) is 51.5 Å². The van der Waals surface area contributed by atoms with Crippen LogP contribution in [-0.4, -0.2) is 23.2 Å². The number of halogens is 1. The van der Waals surface area contributed by atoms with Crippen molar-refractivity contribution in [3.05, 3.63) is 58.9 Å². The molecule has 0 spiro atoms. The summed E-state index contributed by atoms with van der Waals surface area (Å²) in [5.41, 5.74) is 1.99. The van der Waals surface area contributed by atoms with Crippen molar-refractivity contribution in [2.24, 2.45) is 0 Å². The number of benzene rings is 2. The van der Waals surface area contributed by atoms with E-state index in [0.29, 0.717) is 28.6 Å². The minimum Gasteiger partial charge on any atom is -0.311 e. The lowest BCUT2D eigenvalue weighted by atomic mass is 9.87. The highest BCUT2D eigenvalue weighted by Crippen LogP contribution is 2.32. The third-order valence-electron chi connectivity index (χ3n) is 4.75. The number of hydrogen-bond acceptors (Lipinski definition) is 4. The van der Waals surface area contributed by atoms with Crippen LogP contribution in [0.4, 0.5) is 5.69 Å². The highest BCUT2D eigenvalue weighted by Gasteiger charge is 2.21. The fourth-order valence-electron chi connectivity index (χ4n) is 3.09. The van der Waals surface area contributed by atoms with E-state index in [0.717, 1.165) is 11.4 Å². The zero-order valence-electron chi connectivity index (χ0n) is 17.2. The molecule has 0 radical (unpaired) electrons. The Labute approximate surface area is 177 Å². The number of nitrogens with one attached hydrogen (secondary N) is 1. The van der Waals surface area contributed by atoms with E-state index in [1.54, 1.807) is 30.3 Å². The van der Waals surface area contributed by atoms with Gasteiger partial charge in [-0.25, -0.2) is 8.42 Å². The van der Waals surface area contributed by atoms with Crippen LogP contribution in [0.3, 0.4) is 0 Å². The highest BCUT2D eigenvalue weighted by molar-refractivity contribution is 7.92.